The van der Waals surface area contributed by atoms with Crippen molar-refractivity contribution in [3.63, 3.8) is 0 Å². The van der Waals surface area contributed by atoms with Crippen LogP contribution in [0.5, 0.6) is 0 Å². The second-order valence-electron chi connectivity index (χ2n) is 5.48. The van der Waals surface area contributed by atoms with Gasteiger partial charge in [-0.05, 0) is 26.7 Å². The van der Waals surface area contributed by atoms with Crippen LogP contribution in [-0.2, 0) is 15.1 Å². The third-order valence-electron chi connectivity index (χ3n) is 3.73. The Hall–Kier alpha value is -1.43. The second kappa shape index (κ2) is 6.35. The first-order valence-electron chi connectivity index (χ1n) is 6.72. The van der Waals surface area contributed by atoms with Gasteiger partial charge in [-0.15, -0.1) is 11.3 Å². The molecule has 112 valence electrons. The average Bonchev–Trinajstić information content (AvgIpc) is 2.89. The van der Waals surface area contributed by atoms with Crippen LogP contribution in [0.3, 0.4) is 0 Å². The maximum atomic E-state index is 12.2. The quantitative estimate of drug-likeness (QED) is 0.811. The van der Waals surface area contributed by atoms with Crippen molar-refractivity contribution in [2.75, 3.05) is 0 Å². The molecule has 0 bridgehead atoms. The van der Waals surface area contributed by atoms with E-state index in [0.29, 0.717) is 12.8 Å². The van der Waals surface area contributed by atoms with Crippen LogP contribution in [0.2, 0.25) is 0 Å². The van der Waals surface area contributed by atoms with Crippen molar-refractivity contribution in [1.82, 2.24) is 10.3 Å². The number of thiazole rings is 1. The van der Waals surface area contributed by atoms with E-state index in [9.17, 15) is 14.7 Å². The summed E-state index contributed by atoms with van der Waals surface area (Å²) >= 11 is 1.47. The number of hydrogen-bond donors (Lipinski definition) is 2. The van der Waals surface area contributed by atoms with Crippen LogP contribution in [0.25, 0.3) is 0 Å². The van der Waals surface area contributed by atoms with E-state index < -0.39 is 16.9 Å². The molecule has 5 nitrogen and oxygen atoms in total. The number of aromatic nitrogens is 1. The lowest BCUT2D eigenvalue weighted by Crippen LogP contribution is -2.44. The van der Waals surface area contributed by atoms with Crippen LogP contribution < -0.4 is 5.32 Å². The summed E-state index contributed by atoms with van der Waals surface area (Å²) in [5, 5.41) is 14.9. The molecular weight excluding hydrogens is 276 g/mol. The van der Waals surface area contributed by atoms with Crippen LogP contribution in [0, 0.1) is 5.41 Å². The number of amides is 1. The lowest BCUT2D eigenvalue weighted by Gasteiger charge is -2.29. The normalized spacial score (nSPS) is 12.2. The molecular formula is C14H22N2O3S. The van der Waals surface area contributed by atoms with E-state index in [-0.39, 0.29) is 12.3 Å². The topological polar surface area (TPSA) is 79.3 Å². The molecule has 2 N–H and O–H groups in total. The molecule has 1 heterocycles. The zero-order valence-corrected chi connectivity index (χ0v) is 13.2. The van der Waals surface area contributed by atoms with Crippen molar-refractivity contribution in [3.05, 3.63) is 16.6 Å². The van der Waals surface area contributed by atoms with Gasteiger partial charge >= 0.3 is 5.97 Å². The Morgan fingerprint density at radius 2 is 1.95 bits per heavy atom. The Balaban J connectivity index is 2.79. The molecule has 0 spiro atoms. The molecule has 20 heavy (non-hydrogen) atoms. The van der Waals surface area contributed by atoms with Gasteiger partial charge in [0.1, 0.15) is 5.01 Å². The summed E-state index contributed by atoms with van der Waals surface area (Å²) in [5.74, 6) is -1.17. The Bertz CT molecular complexity index is 465. The molecule has 6 heteroatoms. The summed E-state index contributed by atoms with van der Waals surface area (Å²) in [6.45, 7) is 7.34. The zero-order valence-electron chi connectivity index (χ0n) is 12.4. The maximum Gasteiger partial charge on any atom is 0.310 e. The minimum atomic E-state index is -0.983. The predicted molar refractivity (Wildman–Crippen MR) is 78.6 cm³/mol. The third-order valence-corrected chi connectivity index (χ3v) is 4.82. The number of carboxylic acid groups (broad SMARTS) is 1. The van der Waals surface area contributed by atoms with E-state index in [1.807, 2.05) is 19.2 Å². The third kappa shape index (κ3) is 3.56. The van der Waals surface area contributed by atoms with Crippen molar-refractivity contribution in [2.24, 2.45) is 5.41 Å². The fourth-order valence-corrected chi connectivity index (χ4v) is 2.88. The minimum absolute atomic E-state index is 0.00978. The molecule has 0 unspecified atom stereocenters. The lowest BCUT2D eigenvalue weighted by molar-refractivity contribution is -0.152. The van der Waals surface area contributed by atoms with Gasteiger partial charge in [0.15, 0.2) is 0 Å². The lowest BCUT2D eigenvalue weighted by atomic mass is 9.79. The standard InChI is InChI=1S/C14H22N2O3S/c1-5-14(6-2,12(18)19)9-10(17)16-13(3,4)11-15-7-8-20-11/h7-8H,5-6,9H2,1-4H3,(H,16,17)(H,18,19). The fourth-order valence-electron chi connectivity index (χ4n) is 2.16. The van der Waals surface area contributed by atoms with Crippen LogP contribution in [0.1, 0.15) is 52.0 Å². The summed E-state index contributed by atoms with van der Waals surface area (Å²) < 4.78 is 0. The number of rotatable bonds is 7. The first kappa shape index (κ1) is 16.6. The molecule has 0 fully saturated rings. The van der Waals surface area contributed by atoms with Crippen LogP contribution in [-0.4, -0.2) is 22.0 Å². The number of carbonyl (C=O) groups excluding carboxylic acids is 1. The fraction of sp³-hybridized carbons (Fsp3) is 0.643. The molecule has 0 atom stereocenters. The molecule has 0 aliphatic rings. The van der Waals surface area contributed by atoms with E-state index in [0.717, 1.165) is 5.01 Å². The Kier molecular flexibility index (Phi) is 5.28. The Morgan fingerprint density at radius 1 is 1.35 bits per heavy atom. The summed E-state index contributed by atoms with van der Waals surface area (Å²) in [6, 6.07) is 0. The first-order chi connectivity index (χ1) is 9.27. The predicted octanol–water partition coefficient (Wildman–Crippen LogP) is 2.78. The molecule has 0 aromatic carbocycles. The van der Waals surface area contributed by atoms with Gasteiger partial charge in [-0.1, -0.05) is 13.8 Å². The van der Waals surface area contributed by atoms with Gasteiger partial charge in [0.2, 0.25) is 5.91 Å². The first-order valence-corrected chi connectivity index (χ1v) is 7.59. The molecule has 1 aromatic rings. The van der Waals surface area contributed by atoms with E-state index in [1.165, 1.54) is 11.3 Å². The average molecular weight is 298 g/mol. The molecule has 1 aromatic heterocycles. The number of nitrogens with zero attached hydrogens (tertiary/aromatic N) is 1. The maximum absolute atomic E-state index is 12.2. The minimum Gasteiger partial charge on any atom is -0.481 e. The van der Waals surface area contributed by atoms with Crippen LogP contribution in [0.4, 0.5) is 0 Å². The van der Waals surface area contributed by atoms with Crippen molar-refractivity contribution in [2.45, 2.75) is 52.5 Å². The summed E-state index contributed by atoms with van der Waals surface area (Å²) in [6.07, 6.45) is 2.55. The van der Waals surface area contributed by atoms with Gasteiger partial charge in [0, 0.05) is 18.0 Å². The zero-order chi connectivity index (χ0) is 15.4. The van der Waals surface area contributed by atoms with Gasteiger partial charge in [-0.3, -0.25) is 9.59 Å². The van der Waals surface area contributed by atoms with E-state index in [2.05, 4.69) is 10.3 Å². The number of nitrogens with one attached hydrogen (secondary N) is 1. The van der Waals surface area contributed by atoms with Gasteiger partial charge in [0.05, 0.1) is 11.0 Å². The number of hydrogen-bond acceptors (Lipinski definition) is 4. The highest BCUT2D eigenvalue weighted by molar-refractivity contribution is 7.09. The second-order valence-corrected chi connectivity index (χ2v) is 6.37. The highest BCUT2D eigenvalue weighted by Crippen LogP contribution is 2.32. The molecule has 0 saturated heterocycles. The van der Waals surface area contributed by atoms with Crippen molar-refractivity contribution in [1.29, 1.82) is 0 Å². The number of carbonyl (C=O) groups is 2. The van der Waals surface area contributed by atoms with Crippen molar-refractivity contribution < 1.29 is 14.7 Å². The molecule has 1 rings (SSSR count). The summed E-state index contributed by atoms with van der Waals surface area (Å²) in [4.78, 5) is 27.8. The van der Waals surface area contributed by atoms with Gasteiger partial charge in [0.25, 0.3) is 0 Å². The largest absolute Gasteiger partial charge is 0.481 e. The summed E-state index contributed by atoms with van der Waals surface area (Å²) in [7, 11) is 0. The van der Waals surface area contributed by atoms with Crippen molar-refractivity contribution in [3.8, 4) is 0 Å². The highest BCUT2D eigenvalue weighted by Gasteiger charge is 2.38. The summed E-state index contributed by atoms with van der Waals surface area (Å²) in [5.41, 5.74) is -1.57. The smallest absolute Gasteiger partial charge is 0.310 e. The Labute approximate surface area is 123 Å². The van der Waals surface area contributed by atoms with E-state index in [4.69, 9.17) is 0 Å². The number of carboxylic acids is 1. The monoisotopic (exact) mass is 298 g/mol. The molecule has 1 amide bonds. The van der Waals surface area contributed by atoms with Gasteiger partial charge in [-0.25, -0.2) is 4.98 Å². The molecule has 0 radical (unpaired) electrons. The van der Waals surface area contributed by atoms with Crippen LogP contribution >= 0.6 is 11.3 Å². The van der Waals surface area contributed by atoms with Crippen molar-refractivity contribution >= 4 is 23.2 Å². The SMILES string of the molecule is CCC(CC)(CC(=O)NC(C)(C)c1nccs1)C(=O)O. The Morgan fingerprint density at radius 3 is 2.35 bits per heavy atom. The highest BCUT2D eigenvalue weighted by atomic mass is 32.1. The van der Waals surface area contributed by atoms with E-state index >= 15 is 0 Å². The van der Waals surface area contributed by atoms with Crippen LogP contribution in [0.15, 0.2) is 11.6 Å². The molecule has 0 saturated carbocycles. The molecule has 0 aliphatic heterocycles. The van der Waals surface area contributed by atoms with Gasteiger partial charge in [-0.2, -0.15) is 0 Å². The number of aliphatic carboxylic acids is 1. The molecule has 0 aliphatic carbocycles. The van der Waals surface area contributed by atoms with E-state index in [1.54, 1.807) is 20.0 Å². The van der Waals surface area contributed by atoms with Gasteiger partial charge < -0.3 is 10.4 Å².